The molecule has 0 bridgehead atoms. The van der Waals surface area contributed by atoms with Crippen molar-refractivity contribution in [1.82, 2.24) is 0 Å². The van der Waals surface area contributed by atoms with E-state index in [0.717, 1.165) is 6.07 Å². The van der Waals surface area contributed by atoms with Crippen LogP contribution in [0.1, 0.15) is 37.0 Å². The first-order chi connectivity index (χ1) is 34.6. The van der Waals surface area contributed by atoms with Gasteiger partial charge in [0.2, 0.25) is 0 Å². The van der Waals surface area contributed by atoms with E-state index in [4.69, 9.17) is 25.0 Å². The van der Waals surface area contributed by atoms with E-state index in [1.807, 2.05) is 0 Å². The fourth-order valence-corrected chi connectivity index (χ4v) is 5.69. The van der Waals surface area contributed by atoms with Gasteiger partial charge in [-0.25, -0.2) is 0 Å². The van der Waals surface area contributed by atoms with E-state index in [-0.39, 0.29) is 0 Å². The summed E-state index contributed by atoms with van der Waals surface area (Å²) in [7, 11) is 0. The maximum Gasteiger partial charge on any atom is 0.136 e. The van der Waals surface area contributed by atoms with Gasteiger partial charge in [-0.3, -0.25) is 0 Å². The summed E-state index contributed by atoms with van der Waals surface area (Å²) in [6, 6.07) is -21.9. The first-order valence-corrected chi connectivity index (χ1v) is 14.0. The Morgan fingerprint density at radius 2 is 0.830 bits per heavy atom. The fourth-order valence-electron chi connectivity index (χ4n) is 5.69. The monoisotopic (exact) mass is 623 g/mol. The third-order valence-electron chi connectivity index (χ3n) is 7.73. The third-order valence-corrected chi connectivity index (χ3v) is 7.73. The molecule has 0 N–H and O–H groups in total. The van der Waals surface area contributed by atoms with Crippen LogP contribution in [-0.4, -0.2) is 0 Å². The van der Waals surface area contributed by atoms with Crippen molar-refractivity contribution in [3.05, 3.63) is 169 Å². The molecular formula is C46H28O. The van der Waals surface area contributed by atoms with E-state index in [2.05, 4.69) is 0 Å². The minimum absolute atomic E-state index is 0.421. The number of benzene rings is 9. The van der Waals surface area contributed by atoms with Crippen molar-refractivity contribution in [3.8, 4) is 33.4 Å². The van der Waals surface area contributed by atoms with Crippen LogP contribution in [0.25, 0.3) is 98.4 Å². The molecule has 10 aromatic rings. The van der Waals surface area contributed by atoms with E-state index in [9.17, 15) is 16.4 Å². The molecule has 1 nitrogen and oxygen atoms in total. The molecule has 0 fully saturated rings. The van der Waals surface area contributed by atoms with Crippen LogP contribution >= 0.6 is 0 Å². The van der Waals surface area contributed by atoms with Crippen LogP contribution in [0.5, 0.6) is 0 Å². The second-order valence-corrected chi connectivity index (χ2v) is 10.4. The van der Waals surface area contributed by atoms with Gasteiger partial charge in [0.25, 0.3) is 0 Å². The molecule has 1 heterocycles. The number of hydrogen-bond donors (Lipinski definition) is 0. The Morgan fingerprint density at radius 3 is 1.53 bits per heavy atom. The van der Waals surface area contributed by atoms with Crippen LogP contribution in [-0.2, 0) is 0 Å². The minimum Gasteiger partial charge on any atom is -0.456 e. The maximum atomic E-state index is 9.82. The molecule has 0 unspecified atom stereocenters. The van der Waals surface area contributed by atoms with Gasteiger partial charge in [-0.2, -0.15) is 0 Å². The van der Waals surface area contributed by atoms with Gasteiger partial charge in [0.05, 0.1) is 37.0 Å². The molecular weight excluding hydrogens is 569 g/mol. The Bertz CT molecular complexity index is 4280. The lowest BCUT2D eigenvalue weighted by Crippen LogP contribution is -1.91. The molecule has 0 saturated heterocycles. The van der Waals surface area contributed by atoms with Crippen molar-refractivity contribution in [3.63, 3.8) is 0 Å². The quantitative estimate of drug-likeness (QED) is 0.178. The molecule has 1 aromatic heterocycles. The molecule has 0 atom stereocenters. The van der Waals surface area contributed by atoms with Gasteiger partial charge < -0.3 is 4.42 Å². The van der Waals surface area contributed by atoms with E-state index in [1.165, 1.54) is 0 Å². The Labute approximate surface area is 309 Å². The van der Waals surface area contributed by atoms with Gasteiger partial charge in [-0.15, -0.1) is 0 Å². The van der Waals surface area contributed by atoms with E-state index in [0.29, 0.717) is 0 Å². The first-order valence-electron chi connectivity index (χ1n) is 27.5. The molecule has 0 radical (unpaired) electrons. The van der Waals surface area contributed by atoms with E-state index >= 15 is 0 Å². The minimum atomic E-state index is -0.967. The van der Waals surface area contributed by atoms with Crippen molar-refractivity contribution in [2.24, 2.45) is 0 Å². The Balaban J connectivity index is 1.45. The number of fused-ring (bicyclic) bond motifs is 7. The average molecular weight is 624 g/mol. The highest BCUT2D eigenvalue weighted by Gasteiger charge is 2.18. The van der Waals surface area contributed by atoms with Gasteiger partial charge in [-0.05, 0) is 113 Å². The summed E-state index contributed by atoms with van der Waals surface area (Å²) in [6.07, 6.45) is 0. The van der Waals surface area contributed by atoms with Crippen LogP contribution < -0.4 is 0 Å². The van der Waals surface area contributed by atoms with Crippen LogP contribution in [0, 0.1) is 0 Å². The first kappa shape index (κ1) is 11.0. The zero-order valence-corrected chi connectivity index (χ0v) is 23.5. The molecule has 10 rings (SSSR count). The number of furan rings is 1. The summed E-state index contributed by atoms with van der Waals surface area (Å²) in [4.78, 5) is 0. The second kappa shape index (κ2) is 10.2. The third kappa shape index (κ3) is 4.10. The number of hydrogen-bond acceptors (Lipinski definition) is 1. The van der Waals surface area contributed by atoms with Gasteiger partial charge in [0.15, 0.2) is 0 Å². The molecule has 218 valence electrons. The van der Waals surface area contributed by atoms with Crippen LogP contribution in [0.3, 0.4) is 0 Å². The smallest absolute Gasteiger partial charge is 0.136 e. The zero-order valence-electron chi connectivity index (χ0n) is 50.5. The maximum absolute atomic E-state index is 9.82. The van der Waals surface area contributed by atoms with Crippen molar-refractivity contribution >= 4 is 65.0 Å². The van der Waals surface area contributed by atoms with Crippen molar-refractivity contribution < 1.29 is 41.4 Å². The second-order valence-electron chi connectivity index (χ2n) is 10.4. The topological polar surface area (TPSA) is 13.1 Å². The van der Waals surface area contributed by atoms with Crippen molar-refractivity contribution in [1.29, 1.82) is 0 Å². The molecule has 47 heavy (non-hydrogen) atoms. The fraction of sp³-hybridized carbons (Fsp3) is 0. The molecule has 0 aliphatic rings. The van der Waals surface area contributed by atoms with Crippen LogP contribution in [0.15, 0.2) is 174 Å². The van der Waals surface area contributed by atoms with E-state index in [1.54, 1.807) is 0 Å². The van der Waals surface area contributed by atoms with Gasteiger partial charge in [0, 0.05) is 10.8 Å². The standard InChI is InChI=1S/C46H28O/c1-2-10-29(11-3-1)32-18-19-34-25-35(21-20-33(34)24-32)45-37-14-6-8-16-39(37)46(40-17-9-7-15-38(40)45)36-22-23-43-41(27-36)42-26-30-12-4-5-13-31(30)28-44(42)47-43/h1-28H/i1D,2D,3D,4D,5D,6D,7D,8D,9D,10D,11D,12D,13D,14D,15D,16D,17D,18D,19D,20D,21D,22D,23D,25D,26D,27D,28D. The Morgan fingerprint density at radius 1 is 0.319 bits per heavy atom. The summed E-state index contributed by atoms with van der Waals surface area (Å²) in [5.41, 5.74) is -4.96. The molecule has 1 heteroatoms. The van der Waals surface area contributed by atoms with E-state index < -0.39 is 262 Å². The van der Waals surface area contributed by atoms with Crippen LogP contribution in [0.4, 0.5) is 0 Å². The molecule has 0 amide bonds. The predicted molar refractivity (Wildman–Crippen MR) is 200 cm³/mol. The average Bonchev–Trinajstić information content (AvgIpc) is 3.79. The molecule has 0 saturated carbocycles. The predicted octanol–water partition coefficient (Wildman–Crippen LogP) is 13.2. The zero-order chi connectivity index (χ0) is 54.4. The lowest BCUT2D eigenvalue weighted by Gasteiger charge is -2.18. The summed E-state index contributed by atoms with van der Waals surface area (Å²) in [5, 5.41) is -5.62. The van der Waals surface area contributed by atoms with Gasteiger partial charge in [0.1, 0.15) is 11.2 Å². The highest BCUT2D eigenvalue weighted by atomic mass is 16.3. The molecule has 0 spiro atoms. The van der Waals surface area contributed by atoms with Gasteiger partial charge in [-0.1, -0.05) is 133 Å². The van der Waals surface area contributed by atoms with Crippen molar-refractivity contribution in [2.45, 2.75) is 0 Å². The van der Waals surface area contributed by atoms with Gasteiger partial charge >= 0.3 is 0 Å². The molecule has 0 aliphatic heterocycles. The Kier molecular flexibility index (Phi) is 2.37. The normalized spacial score (nSPS) is 19.9. The highest BCUT2D eigenvalue weighted by molar-refractivity contribution is 6.22. The van der Waals surface area contributed by atoms with Crippen molar-refractivity contribution in [2.75, 3.05) is 0 Å². The largest absolute Gasteiger partial charge is 0.456 e. The lowest BCUT2D eigenvalue weighted by atomic mass is 9.85. The summed E-state index contributed by atoms with van der Waals surface area (Å²) in [5.74, 6) is 0. The SMILES string of the molecule is [2H]c1c([2H])c([2H])c(-c2cc3c([2H])c([2H])c(-c4c5c([2H])c([2H])c([2H])c([2H])c5c(-c5c([2H])c([2H])c6oc7c([2H])c8c([2H])c([2H])c([2H])c([2H])c8c([2H])c7c6c5[2H])c5c([2H])c([2H])c([2H])c([2H])c45)c([2H])c3c([2H])c2[2H])c([2H])c1[2H]. The lowest BCUT2D eigenvalue weighted by molar-refractivity contribution is 0.669. The summed E-state index contributed by atoms with van der Waals surface area (Å²) >= 11 is 0. The summed E-state index contributed by atoms with van der Waals surface area (Å²) < 4.78 is 248. The Hall–Kier alpha value is -6.18. The molecule has 0 aliphatic carbocycles. The number of rotatable bonds is 3. The highest BCUT2D eigenvalue weighted by Crippen LogP contribution is 2.45. The molecule has 9 aromatic carbocycles. The van der Waals surface area contributed by atoms with Crippen LogP contribution in [0.2, 0.25) is 0 Å². The summed E-state index contributed by atoms with van der Waals surface area (Å²) in [6.45, 7) is 0.